The van der Waals surface area contributed by atoms with Gasteiger partial charge in [0.05, 0.1) is 6.54 Å². The summed E-state index contributed by atoms with van der Waals surface area (Å²) in [5, 5.41) is 3.45. The van der Waals surface area contributed by atoms with Gasteiger partial charge in [0.15, 0.2) is 0 Å². The van der Waals surface area contributed by atoms with E-state index in [1.54, 1.807) is 0 Å². The lowest BCUT2D eigenvalue weighted by molar-refractivity contribution is 0.235. The topological polar surface area (TPSA) is 28.4 Å². The van der Waals surface area contributed by atoms with E-state index in [1.807, 2.05) is 13.0 Å². The average molecular weight is 222 g/mol. The molecule has 1 aromatic heterocycles. The van der Waals surface area contributed by atoms with Gasteiger partial charge in [0.1, 0.15) is 11.5 Å². The molecule has 0 aromatic carbocycles. The summed E-state index contributed by atoms with van der Waals surface area (Å²) in [6, 6.07) is 4.10. The van der Waals surface area contributed by atoms with Gasteiger partial charge in [-0.25, -0.2) is 0 Å². The summed E-state index contributed by atoms with van der Waals surface area (Å²) in [5.41, 5.74) is 0. The van der Waals surface area contributed by atoms with Crippen LogP contribution in [0.1, 0.15) is 18.4 Å². The maximum Gasteiger partial charge on any atom is 0.118 e. The van der Waals surface area contributed by atoms with Gasteiger partial charge >= 0.3 is 0 Å². The van der Waals surface area contributed by atoms with Crippen molar-refractivity contribution in [2.45, 2.75) is 20.4 Å². The predicted octanol–water partition coefficient (Wildman–Crippen LogP) is 1.88. The molecule has 90 valence electrons. The van der Waals surface area contributed by atoms with E-state index >= 15 is 0 Å². The number of hydrogen-bond acceptors (Lipinski definition) is 3. The fourth-order valence-electron chi connectivity index (χ4n) is 2.41. The number of hydrogen-bond donors (Lipinski definition) is 1. The number of nitrogens with one attached hydrogen (secondary N) is 1. The Kier molecular flexibility index (Phi) is 3.66. The van der Waals surface area contributed by atoms with E-state index in [1.165, 1.54) is 6.54 Å². The molecule has 3 heteroatoms. The van der Waals surface area contributed by atoms with Crippen molar-refractivity contribution in [3.05, 3.63) is 23.7 Å². The van der Waals surface area contributed by atoms with E-state index in [0.717, 1.165) is 43.0 Å². The van der Waals surface area contributed by atoms with E-state index in [-0.39, 0.29) is 0 Å². The molecular weight excluding hydrogens is 200 g/mol. The summed E-state index contributed by atoms with van der Waals surface area (Å²) in [4.78, 5) is 2.35. The molecule has 3 nitrogen and oxygen atoms in total. The monoisotopic (exact) mass is 222 g/mol. The fourth-order valence-corrected chi connectivity index (χ4v) is 2.41. The molecule has 1 aliphatic rings. The fraction of sp³-hybridized carbons (Fsp3) is 0.692. The van der Waals surface area contributed by atoms with Crippen LogP contribution in [0.3, 0.4) is 0 Å². The molecule has 2 atom stereocenters. The van der Waals surface area contributed by atoms with Crippen molar-refractivity contribution in [2.24, 2.45) is 11.8 Å². The van der Waals surface area contributed by atoms with Crippen LogP contribution in [0, 0.1) is 18.8 Å². The van der Waals surface area contributed by atoms with E-state index in [0.29, 0.717) is 0 Å². The minimum atomic E-state index is 0.779. The van der Waals surface area contributed by atoms with Crippen LogP contribution >= 0.6 is 0 Å². The zero-order valence-corrected chi connectivity index (χ0v) is 10.5. The van der Waals surface area contributed by atoms with Crippen molar-refractivity contribution in [3.63, 3.8) is 0 Å². The summed E-state index contributed by atoms with van der Waals surface area (Å²) in [5.74, 6) is 3.64. The lowest BCUT2D eigenvalue weighted by Gasteiger charge is -2.22. The van der Waals surface area contributed by atoms with Gasteiger partial charge in [0.2, 0.25) is 0 Å². The van der Waals surface area contributed by atoms with Crippen molar-refractivity contribution in [1.29, 1.82) is 0 Å². The second-order valence-corrected chi connectivity index (χ2v) is 5.10. The van der Waals surface area contributed by atoms with Crippen LogP contribution in [0.2, 0.25) is 0 Å². The molecule has 1 fully saturated rings. The molecule has 0 aliphatic carbocycles. The van der Waals surface area contributed by atoms with Crippen LogP contribution in [0.15, 0.2) is 16.5 Å². The van der Waals surface area contributed by atoms with Crippen molar-refractivity contribution in [2.75, 3.05) is 26.7 Å². The van der Waals surface area contributed by atoms with Crippen molar-refractivity contribution >= 4 is 0 Å². The highest BCUT2D eigenvalue weighted by Crippen LogP contribution is 2.18. The lowest BCUT2D eigenvalue weighted by Crippen LogP contribution is -2.28. The first-order valence-corrected chi connectivity index (χ1v) is 6.09. The number of rotatable bonds is 4. The highest BCUT2D eigenvalue weighted by molar-refractivity contribution is 5.05. The molecule has 0 saturated carbocycles. The maximum atomic E-state index is 5.59. The van der Waals surface area contributed by atoms with Crippen LogP contribution in [-0.4, -0.2) is 31.6 Å². The summed E-state index contributed by atoms with van der Waals surface area (Å²) in [6.07, 6.45) is 0. The summed E-state index contributed by atoms with van der Waals surface area (Å²) in [6.45, 7) is 8.70. The molecule has 0 radical (unpaired) electrons. The molecule has 16 heavy (non-hydrogen) atoms. The molecule has 0 amide bonds. The van der Waals surface area contributed by atoms with Crippen LogP contribution in [0.5, 0.6) is 0 Å². The molecule has 0 bridgehead atoms. The predicted molar refractivity (Wildman–Crippen MR) is 65.3 cm³/mol. The second kappa shape index (κ2) is 5.02. The zero-order valence-electron chi connectivity index (χ0n) is 10.5. The van der Waals surface area contributed by atoms with E-state index in [4.69, 9.17) is 4.42 Å². The third-order valence-electron chi connectivity index (χ3n) is 3.45. The SMILES string of the molecule is Cc1ccc(CN(C)C[C@@H]2CNC[C@H]2C)o1. The highest BCUT2D eigenvalue weighted by Gasteiger charge is 2.24. The first-order valence-electron chi connectivity index (χ1n) is 6.09. The Morgan fingerprint density at radius 2 is 2.25 bits per heavy atom. The van der Waals surface area contributed by atoms with Crippen molar-refractivity contribution in [3.8, 4) is 0 Å². The van der Waals surface area contributed by atoms with Gasteiger partial charge in [-0.3, -0.25) is 4.90 Å². The summed E-state index contributed by atoms with van der Waals surface area (Å²) in [7, 11) is 2.17. The highest BCUT2D eigenvalue weighted by atomic mass is 16.3. The molecule has 1 aliphatic heterocycles. The van der Waals surface area contributed by atoms with Gasteiger partial charge in [-0.2, -0.15) is 0 Å². The summed E-state index contributed by atoms with van der Waals surface area (Å²) < 4.78 is 5.59. The normalized spacial score (nSPS) is 25.5. The van der Waals surface area contributed by atoms with Crippen LogP contribution in [0.25, 0.3) is 0 Å². The smallest absolute Gasteiger partial charge is 0.118 e. The second-order valence-electron chi connectivity index (χ2n) is 5.10. The Bertz CT molecular complexity index is 334. The Hall–Kier alpha value is -0.800. The van der Waals surface area contributed by atoms with E-state index < -0.39 is 0 Å². The largest absolute Gasteiger partial charge is 0.465 e. The molecule has 0 spiro atoms. The average Bonchev–Trinajstić information content (AvgIpc) is 2.77. The van der Waals surface area contributed by atoms with Crippen LogP contribution in [0.4, 0.5) is 0 Å². The third-order valence-corrected chi connectivity index (χ3v) is 3.45. The Labute approximate surface area is 97.8 Å². The van der Waals surface area contributed by atoms with Gasteiger partial charge in [-0.15, -0.1) is 0 Å². The lowest BCUT2D eigenvalue weighted by atomic mass is 9.98. The van der Waals surface area contributed by atoms with Crippen molar-refractivity contribution in [1.82, 2.24) is 10.2 Å². The molecule has 1 saturated heterocycles. The van der Waals surface area contributed by atoms with Crippen LogP contribution in [-0.2, 0) is 6.54 Å². The Balaban J connectivity index is 1.82. The van der Waals surface area contributed by atoms with Gasteiger partial charge in [-0.1, -0.05) is 6.92 Å². The molecule has 2 heterocycles. The first-order chi connectivity index (χ1) is 7.65. The quantitative estimate of drug-likeness (QED) is 0.843. The molecule has 1 aromatic rings. The minimum absolute atomic E-state index is 0.779. The zero-order chi connectivity index (χ0) is 11.5. The molecule has 2 rings (SSSR count). The van der Waals surface area contributed by atoms with Gasteiger partial charge in [0, 0.05) is 6.54 Å². The number of furan rings is 1. The molecule has 0 unspecified atom stereocenters. The van der Waals surface area contributed by atoms with E-state index in [2.05, 4.69) is 30.3 Å². The third kappa shape index (κ3) is 2.86. The standard InChI is InChI=1S/C13H22N2O/c1-10-6-14-7-12(10)8-15(3)9-13-5-4-11(2)16-13/h4-5,10,12,14H,6-9H2,1-3H3/t10-,12+/m1/s1. The molecule has 1 N–H and O–H groups in total. The van der Waals surface area contributed by atoms with E-state index in [9.17, 15) is 0 Å². The maximum absolute atomic E-state index is 5.59. The Morgan fingerprint density at radius 1 is 1.44 bits per heavy atom. The minimum Gasteiger partial charge on any atom is -0.465 e. The van der Waals surface area contributed by atoms with Gasteiger partial charge < -0.3 is 9.73 Å². The number of aryl methyl sites for hydroxylation is 1. The number of nitrogens with zero attached hydrogens (tertiary/aromatic N) is 1. The summed E-state index contributed by atoms with van der Waals surface area (Å²) >= 11 is 0. The van der Waals surface area contributed by atoms with Crippen molar-refractivity contribution < 1.29 is 4.42 Å². The molecular formula is C13H22N2O. The Morgan fingerprint density at radius 3 is 2.81 bits per heavy atom. The first kappa shape index (κ1) is 11.7. The van der Waals surface area contributed by atoms with Gasteiger partial charge in [0.25, 0.3) is 0 Å². The van der Waals surface area contributed by atoms with Crippen LogP contribution < -0.4 is 5.32 Å². The van der Waals surface area contributed by atoms with Gasteiger partial charge in [-0.05, 0) is 51.0 Å².